The van der Waals surface area contributed by atoms with Gasteiger partial charge >= 0.3 is 0 Å². The van der Waals surface area contributed by atoms with Crippen molar-refractivity contribution in [3.8, 4) is 5.75 Å². The number of para-hydroxylation sites is 1. The lowest BCUT2D eigenvalue weighted by Gasteiger charge is -2.10. The minimum atomic E-state index is 0.408. The van der Waals surface area contributed by atoms with E-state index in [0.29, 0.717) is 11.6 Å². The van der Waals surface area contributed by atoms with Crippen LogP contribution in [-0.2, 0) is 6.61 Å². The van der Waals surface area contributed by atoms with Gasteiger partial charge in [0.1, 0.15) is 12.4 Å². The lowest BCUT2D eigenvalue weighted by Crippen LogP contribution is -1.97. The Labute approximate surface area is 180 Å². The molecule has 0 aliphatic carbocycles. The number of nitrogens with one attached hydrogen (secondary N) is 1. The molecule has 7 heteroatoms. The number of thiazole rings is 1. The first-order chi connectivity index (χ1) is 13.7. The van der Waals surface area contributed by atoms with E-state index in [2.05, 4.69) is 31.4 Å². The largest absolute Gasteiger partial charge is 0.488 e. The standard InChI is InChI=1S/C21H15BrClN3OS/c22-16-11-14(9-10-19(16)27-13-15-5-1-2-6-17(15)23)12-24-26-21-25-18-7-3-4-8-20(18)28-21/h1-12H,13H2,(H,25,26)/b24-12+. The van der Waals surface area contributed by atoms with Gasteiger partial charge in [-0.2, -0.15) is 5.10 Å². The van der Waals surface area contributed by atoms with Crippen LogP contribution in [0.5, 0.6) is 5.75 Å². The minimum Gasteiger partial charge on any atom is -0.488 e. The summed E-state index contributed by atoms with van der Waals surface area (Å²) >= 11 is 11.3. The quantitative estimate of drug-likeness (QED) is 0.250. The Balaban J connectivity index is 1.39. The number of hydrazone groups is 1. The van der Waals surface area contributed by atoms with Gasteiger partial charge in [-0.3, -0.25) is 5.43 Å². The molecule has 0 spiro atoms. The van der Waals surface area contributed by atoms with Crippen LogP contribution in [0.3, 0.4) is 0 Å². The van der Waals surface area contributed by atoms with Crippen molar-refractivity contribution >= 4 is 60.4 Å². The van der Waals surface area contributed by atoms with Crippen LogP contribution in [0.4, 0.5) is 5.13 Å². The molecule has 0 radical (unpaired) electrons. The SMILES string of the molecule is Clc1ccccc1COc1ccc(/C=N/Nc2nc3ccccc3s2)cc1Br. The van der Waals surface area contributed by atoms with E-state index in [-0.39, 0.29) is 0 Å². The molecular formula is C21H15BrClN3OS. The summed E-state index contributed by atoms with van der Waals surface area (Å²) < 4.78 is 7.84. The van der Waals surface area contributed by atoms with Crippen LogP contribution in [0.15, 0.2) is 76.3 Å². The van der Waals surface area contributed by atoms with Gasteiger partial charge in [0.05, 0.1) is 20.9 Å². The summed E-state index contributed by atoms with van der Waals surface area (Å²) in [4.78, 5) is 4.49. The Morgan fingerprint density at radius 3 is 2.75 bits per heavy atom. The van der Waals surface area contributed by atoms with Gasteiger partial charge in [-0.1, -0.05) is 53.3 Å². The van der Waals surface area contributed by atoms with Gasteiger partial charge in [-0.15, -0.1) is 0 Å². The third kappa shape index (κ3) is 4.52. The molecule has 4 nitrogen and oxygen atoms in total. The number of aromatic nitrogens is 1. The molecule has 28 heavy (non-hydrogen) atoms. The second kappa shape index (κ2) is 8.73. The summed E-state index contributed by atoms with van der Waals surface area (Å²) in [6.45, 7) is 0.408. The molecule has 0 fully saturated rings. The molecule has 4 rings (SSSR count). The highest BCUT2D eigenvalue weighted by molar-refractivity contribution is 9.10. The molecule has 0 atom stereocenters. The van der Waals surface area contributed by atoms with Gasteiger partial charge in [0.2, 0.25) is 5.13 Å². The smallest absolute Gasteiger partial charge is 0.204 e. The van der Waals surface area contributed by atoms with E-state index >= 15 is 0 Å². The van der Waals surface area contributed by atoms with Gasteiger partial charge in [-0.05, 0) is 57.9 Å². The average Bonchev–Trinajstić information content (AvgIpc) is 3.11. The summed E-state index contributed by atoms with van der Waals surface area (Å²) in [5.41, 5.74) is 5.83. The number of ether oxygens (including phenoxy) is 1. The van der Waals surface area contributed by atoms with Crippen molar-refractivity contribution in [1.82, 2.24) is 4.98 Å². The van der Waals surface area contributed by atoms with E-state index in [1.807, 2.05) is 66.7 Å². The highest BCUT2D eigenvalue weighted by Crippen LogP contribution is 2.28. The van der Waals surface area contributed by atoms with E-state index in [9.17, 15) is 0 Å². The second-order valence-electron chi connectivity index (χ2n) is 5.93. The van der Waals surface area contributed by atoms with Crippen molar-refractivity contribution in [3.63, 3.8) is 0 Å². The zero-order chi connectivity index (χ0) is 19.3. The fourth-order valence-electron chi connectivity index (χ4n) is 2.57. The van der Waals surface area contributed by atoms with E-state index < -0.39 is 0 Å². The molecule has 0 saturated heterocycles. The number of anilines is 1. The summed E-state index contributed by atoms with van der Waals surface area (Å²) in [5, 5.41) is 5.73. The van der Waals surface area contributed by atoms with Gasteiger partial charge in [0, 0.05) is 10.6 Å². The number of rotatable bonds is 6. The lowest BCUT2D eigenvalue weighted by molar-refractivity contribution is 0.304. The van der Waals surface area contributed by atoms with Crippen LogP contribution < -0.4 is 10.2 Å². The Hall–Kier alpha value is -2.41. The third-order valence-electron chi connectivity index (χ3n) is 3.96. The van der Waals surface area contributed by atoms with Crippen molar-refractivity contribution in [2.45, 2.75) is 6.61 Å². The van der Waals surface area contributed by atoms with Crippen LogP contribution in [0.1, 0.15) is 11.1 Å². The van der Waals surface area contributed by atoms with Crippen molar-refractivity contribution in [2.24, 2.45) is 5.10 Å². The third-order valence-corrected chi connectivity index (χ3v) is 5.89. The number of halogens is 2. The Morgan fingerprint density at radius 1 is 1.11 bits per heavy atom. The highest BCUT2D eigenvalue weighted by atomic mass is 79.9. The van der Waals surface area contributed by atoms with Gasteiger partial charge in [-0.25, -0.2) is 4.98 Å². The molecule has 1 heterocycles. The molecular weight excluding hydrogens is 458 g/mol. The van der Waals surface area contributed by atoms with E-state index in [1.54, 1.807) is 17.6 Å². The molecule has 0 saturated carbocycles. The number of benzene rings is 3. The zero-order valence-electron chi connectivity index (χ0n) is 14.6. The number of hydrogen-bond donors (Lipinski definition) is 1. The van der Waals surface area contributed by atoms with E-state index in [1.165, 1.54) is 0 Å². The normalized spacial score (nSPS) is 11.2. The predicted octanol–water partition coefficient (Wildman–Crippen LogP) is 6.74. The number of hydrogen-bond acceptors (Lipinski definition) is 5. The maximum absolute atomic E-state index is 6.17. The van der Waals surface area contributed by atoms with Crippen LogP contribution in [0.25, 0.3) is 10.2 Å². The Morgan fingerprint density at radius 2 is 1.93 bits per heavy atom. The van der Waals surface area contributed by atoms with Crippen molar-refractivity contribution in [1.29, 1.82) is 0 Å². The van der Waals surface area contributed by atoms with Crippen LogP contribution in [0.2, 0.25) is 5.02 Å². The molecule has 3 aromatic carbocycles. The molecule has 0 bridgehead atoms. The second-order valence-corrected chi connectivity index (χ2v) is 8.22. The number of nitrogens with zero attached hydrogens (tertiary/aromatic N) is 2. The van der Waals surface area contributed by atoms with E-state index in [4.69, 9.17) is 16.3 Å². The summed E-state index contributed by atoms with van der Waals surface area (Å²) in [5.74, 6) is 0.746. The van der Waals surface area contributed by atoms with Gasteiger partial charge in [0.25, 0.3) is 0 Å². The fourth-order valence-corrected chi connectivity index (χ4v) is 4.08. The summed E-state index contributed by atoms with van der Waals surface area (Å²) in [7, 11) is 0. The minimum absolute atomic E-state index is 0.408. The first-order valence-corrected chi connectivity index (χ1v) is 10.5. The zero-order valence-corrected chi connectivity index (χ0v) is 17.8. The monoisotopic (exact) mass is 471 g/mol. The molecule has 0 aliphatic rings. The maximum Gasteiger partial charge on any atom is 0.204 e. The molecule has 1 aromatic heterocycles. The van der Waals surface area contributed by atoms with E-state index in [0.717, 1.165) is 36.7 Å². The lowest BCUT2D eigenvalue weighted by atomic mass is 10.2. The Bertz CT molecular complexity index is 1110. The predicted molar refractivity (Wildman–Crippen MR) is 121 cm³/mol. The average molecular weight is 473 g/mol. The van der Waals surface area contributed by atoms with Crippen molar-refractivity contribution < 1.29 is 4.74 Å². The molecule has 4 aromatic rings. The maximum atomic E-state index is 6.17. The highest BCUT2D eigenvalue weighted by Gasteiger charge is 2.05. The molecule has 0 aliphatic heterocycles. The molecule has 0 amide bonds. The summed E-state index contributed by atoms with van der Waals surface area (Å²) in [6, 6.07) is 21.4. The van der Waals surface area contributed by atoms with Crippen LogP contribution in [0, 0.1) is 0 Å². The van der Waals surface area contributed by atoms with Crippen molar-refractivity contribution in [3.05, 3.63) is 87.4 Å². The Kier molecular flexibility index (Phi) is 5.90. The van der Waals surface area contributed by atoms with Crippen LogP contribution in [-0.4, -0.2) is 11.2 Å². The van der Waals surface area contributed by atoms with Crippen LogP contribution >= 0.6 is 38.9 Å². The van der Waals surface area contributed by atoms with Gasteiger partial charge < -0.3 is 4.74 Å². The summed E-state index contributed by atoms with van der Waals surface area (Å²) in [6.07, 6.45) is 1.74. The first kappa shape index (κ1) is 18.9. The number of fused-ring (bicyclic) bond motifs is 1. The molecule has 140 valence electrons. The fraction of sp³-hybridized carbons (Fsp3) is 0.0476. The molecule has 0 unspecified atom stereocenters. The van der Waals surface area contributed by atoms with Crippen molar-refractivity contribution in [2.75, 3.05) is 5.43 Å². The first-order valence-electron chi connectivity index (χ1n) is 8.49. The van der Waals surface area contributed by atoms with Gasteiger partial charge in [0.15, 0.2) is 0 Å². The molecule has 1 N–H and O–H groups in total. The topological polar surface area (TPSA) is 46.5 Å².